The van der Waals surface area contributed by atoms with Crippen LogP contribution < -0.4 is 4.90 Å². The Morgan fingerprint density at radius 2 is 1.58 bits per heavy atom. The third-order valence-corrected chi connectivity index (χ3v) is 10.5. The molecule has 0 bridgehead atoms. The van der Waals surface area contributed by atoms with Crippen molar-refractivity contribution in [1.82, 2.24) is 24.7 Å². The maximum Gasteiger partial charge on any atom is 0.475 e. The van der Waals surface area contributed by atoms with Crippen molar-refractivity contribution in [2.45, 2.75) is 80.1 Å². The summed E-state index contributed by atoms with van der Waals surface area (Å²) in [5, 5.41) is 5.66. The largest absolute Gasteiger partial charge is 0.475 e. The van der Waals surface area contributed by atoms with Gasteiger partial charge in [-0.2, -0.15) is 18.3 Å². The van der Waals surface area contributed by atoms with Gasteiger partial charge in [0.2, 0.25) is 5.95 Å². The predicted molar refractivity (Wildman–Crippen MR) is 195 cm³/mol. The molecule has 6 rings (SSSR count). The van der Waals surface area contributed by atoms with Crippen LogP contribution in [0, 0.1) is 17.7 Å². The summed E-state index contributed by atoms with van der Waals surface area (Å²) in [4.78, 5) is 13.1. The molecule has 3 aromatic heterocycles. The summed E-state index contributed by atoms with van der Waals surface area (Å²) in [6.07, 6.45) is 0.524. The van der Waals surface area contributed by atoms with Crippen molar-refractivity contribution in [2.24, 2.45) is 11.8 Å². The fourth-order valence-corrected chi connectivity index (χ4v) is 7.93. The lowest BCUT2D eigenvalue weighted by atomic mass is 9.95. The summed E-state index contributed by atoms with van der Waals surface area (Å²) in [5.74, 6) is -0.278. The monoisotopic (exact) mass is 756 g/mol. The molecular weight excluding hydrogens is 711 g/mol. The lowest BCUT2D eigenvalue weighted by molar-refractivity contribution is -0.138. The minimum atomic E-state index is -4.57. The molecule has 0 spiro atoms. The van der Waals surface area contributed by atoms with Gasteiger partial charge in [-0.3, -0.25) is 13.6 Å². The van der Waals surface area contributed by atoms with E-state index in [9.17, 15) is 17.7 Å². The van der Waals surface area contributed by atoms with E-state index in [-0.39, 0.29) is 49.7 Å². The summed E-state index contributed by atoms with van der Waals surface area (Å²) in [6.45, 7) is 12.4. The Bertz CT molecular complexity index is 2070. The second-order valence-corrected chi connectivity index (χ2v) is 15.7. The third kappa shape index (κ3) is 8.21. The van der Waals surface area contributed by atoms with Gasteiger partial charge in [0.05, 0.1) is 48.0 Å². The Labute approximate surface area is 306 Å². The minimum absolute atomic E-state index is 0.0741. The number of nitrogens with one attached hydrogen (secondary N) is 1. The average molecular weight is 757 g/mol. The number of halogens is 4. The molecule has 0 atom stereocenters. The van der Waals surface area contributed by atoms with E-state index in [1.165, 1.54) is 6.07 Å². The fourth-order valence-electron chi connectivity index (χ4n) is 6.45. The van der Waals surface area contributed by atoms with Crippen LogP contribution in [0.25, 0.3) is 27.8 Å². The van der Waals surface area contributed by atoms with Gasteiger partial charge in [-0.25, -0.2) is 23.6 Å². The Balaban J connectivity index is 1.47. The molecule has 0 radical (unpaired) electrons. The maximum absolute atomic E-state index is 17.0. The number of fused-ring (bicyclic) bond motifs is 2. The topological polar surface area (TPSA) is 107 Å². The number of H-pyrrole nitrogens is 1. The van der Waals surface area contributed by atoms with Crippen LogP contribution in [0.1, 0.15) is 75.1 Å². The van der Waals surface area contributed by atoms with E-state index in [1.54, 1.807) is 17.2 Å². The molecule has 15 heteroatoms. The molecule has 1 aliphatic heterocycles. The number of phosphoric ester groups is 1. The number of hydrogen-bond acceptors (Lipinski definition) is 8. The van der Waals surface area contributed by atoms with Crippen molar-refractivity contribution in [3.05, 3.63) is 88.3 Å². The SMILES string of the molecule is CCc1cccc(CC)c1-n1nc2c(c1-c1c(F)cc(COP(=O)(OCC(C)C)OCC(C)C)c3[nH]ccc13)CN(c1ncc(C(F)(F)F)cn1)CC2. The summed E-state index contributed by atoms with van der Waals surface area (Å²) in [5.41, 5.74) is 5.24. The van der Waals surface area contributed by atoms with E-state index in [2.05, 4.69) is 28.8 Å². The average Bonchev–Trinajstić information content (AvgIpc) is 3.77. The van der Waals surface area contributed by atoms with Gasteiger partial charge >= 0.3 is 14.0 Å². The zero-order valence-corrected chi connectivity index (χ0v) is 31.7. The number of aryl methyl sites for hydroxylation is 2. The quantitative estimate of drug-likeness (QED) is 0.0882. The highest BCUT2D eigenvalue weighted by Crippen LogP contribution is 2.51. The maximum atomic E-state index is 17.0. The first kappa shape index (κ1) is 38.6. The highest BCUT2D eigenvalue weighted by molar-refractivity contribution is 7.48. The predicted octanol–water partition coefficient (Wildman–Crippen LogP) is 9.63. The van der Waals surface area contributed by atoms with Gasteiger partial charge in [0, 0.05) is 60.2 Å². The summed E-state index contributed by atoms with van der Waals surface area (Å²) in [7, 11) is -3.99. The van der Waals surface area contributed by atoms with Crippen LogP contribution >= 0.6 is 7.82 Å². The summed E-state index contributed by atoms with van der Waals surface area (Å²) in [6, 6.07) is 9.20. The normalized spacial score (nSPS) is 13.8. The van der Waals surface area contributed by atoms with Crippen LogP contribution in [0.3, 0.4) is 0 Å². The van der Waals surface area contributed by atoms with Crippen molar-refractivity contribution in [2.75, 3.05) is 24.7 Å². The number of anilines is 1. The van der Waals surface area contributed by atoms with Crippen molar-refractivity contribution in [1.29, 1.82) is 0 Å². The van der Waals surface area contributed by atoms with E-state index in [4.69, 9.17) is 18.7 Å². The molecule has 284 valence electrons. The summed E-state index contributed by atoms with van der Waals surface area (Å²) >= 11 is 0. The molecule has 53 heavy (non-hydrogen) atoms. The van der Waals surface area contributed by atoms with E-state index in [0.29, 0.717) is 53.5 Å². The van der Waals surface area contributed by atoms with Crippen LogP contribution in [0.2, 0.25) is 0 Å². The third-order valence-electron chi connectivity index (χ3n) is 9.08. The molecular formula is C38H45F4N6O4P. The highest BCUT2D eigenvalue weighted by atomic mass is 31.2. The molecule has 0 fully saturated rings. The van der Waals surface area contributed by atoms with Crippen molar-refractivity contribution in [3.63, 3.8) is 0 Å². The number of aromatic amines is 1. The number of rotatable bonds is 14. The first-order valence-electron chi connectivity index (χ1n) is 17.9. The smallest absolute Gasteiger partial charge is 0.361 e. The van der Waals surface area contributed by atoms with Crippen molar-refractivity contribution < 1.29 is 35.7 Å². The van der Waals surface area contributed by atoms with E-state index in [0.717, 1.165) is 34.9 Å². The first-order valence-corrected chi connectivity index (χ1v) is 19.4. The van der Waals surface area contributed by atoms with Crippen molar-refractivity contribution >= 4 is 24.7 Å². The zero-order chi connectivity index (χ0) is 38.1. The molecule has 0 aliphatic carbocycles. The number of nitrogens with zero attached hydrogens (tertiary/aromatic N) is 5. The second kappa shape index (κ2) is 15.7. The van der Waals surface area contributed by atoms with Crippen LogP contribution in [-0.4, -0.2) is 44.5 Å². The lowest BCUT2D eigenvalue weighted by Gasteiger charge is -2.27. The zero-order valence-electron chi connectivity index (χ0n) is 30.8. The van der Waals surface area contributed by atoms with Gasteiger partial charge < -0.3 is 9.88 Å². The fraction of sp³-hybridized carbons (Fsp3) is 0.447. The van der Waals surface area contributed by atoms with Crippen molar-refractivity contribution in [3.8, 4) is 16.9 Å². The molecule has 0 amide bonds. The number of aromatic nitrogens is 5. The van der Waals surface area contributed by atoms with E-state index in [1.807, 2.05) is 50.6 Å². The first-order chi connectivity index (χ1) is 25.2. The number of phosphoric acid groups is 1. The van der Waals surface area contributed by atoms with Crippen LogP contribution in [0.4, 0.5) is 23.5 Å². The number of hydrogen-bond donors (Lipinski definition) is 1. The number of para-hydroxylation sites is 1. The van der Waals surface area contributed by atoms with E-state index < -0.39 is 25.4 Å². The summed E-state index contributed by atoms with van der Waals surface area (Å²) < 4.78 is 89.5. The lowest BCUT2D eigenvalue weighted by Crippen LogP contribution is -2.31. The Kier molecular flexibility index (Phi) is 11.4. The van der Waals surface area contributed by atoms with Crippen LogP contribution in [0.5, 0.6) is 0 Å². The molecule has 5 aromatic rings. The molecule has 4 heterocycles. The number of alkyl halides is 3. The molecule has 10 nitrogen and oxygen atoms in total. The molecule has 2 aromatic carbocycles. The second-order valence-electron chi connectivity index (χ2n) is 14.0. The van der Waals surface area contributed by atoms with Gasteiger partial charge in [-0.05, 0) is 47.9 Å². The van der Waals surface area contributed by atoms with Crippen LogP contribution in [0.15, 0.2) is 48.9 Å². The number of benzene rings is 2. The molecule has 1 N–H and O–H groups in total. The molecule has 0 saturated heterocycles. The molecule has 0 saturated carbocycles. The molecule has 0 unspecified atom stereocenters. The van der Waals surface area contributed by atoms with Crippen LogP contribution in [-0.2, 0) is 56.7 Å². The Morgan fingerprint density at radius 3 is 2.17 bits per heavy atom. The van der Waals surface area contributed by atoms with Gasteiger partial charge in [-0.15, -0.1) is 0 Å². The van der Waals surface area contributed by atoms with Gasteiger partial charge in [0.25, 0.3) is 0 Å². The minimum Gasteiger partial charge on any atom is -0.361 e. The van der Waals surface area contributed by atoms with E-state index >= 15 is 4.39 Å². The Hall–Kier alpha value is -4.10. The standard InChI is InChI=1S/C38H45F4N6O4P/c1-7-25-10-9-11-26(8-2)35(25)48-36(30-19-47(15-13-32(30)46-48)37-44-17-28(18-45-37)38(40,41)42)33-29-12-14-43-34(29)27(16-31(33)39)22-52-53(49,50-20-23(3)4)51-21-24(5)6/h9-12,14,16-18,23-24,43H,7-8,13,15,19-22H2,1-6H3. The molecule has 1 aliphatic rings. The highest BCUT2D eigenvalue weighted by Gasteiger charge is 2.34. The van der Waals surface area contributed by atoms with Gasteiger partial charge in [0.1, 0.15) is 5.82 Å². The van der Waals surface area contributed by atoms with Gasteiger partial charge in [-0.1, -0.05) is 59.7 Å². The Morgan fingerprint density at radius 1 is 0.943 bits per heavy atom. The van der Waals surface area contributed by atoms with Gasteiger partial charge in [0.15, 0.2) is 0 Å².